The third-order valence-corrected chi connectivity index (χ3v) is 4.00. The number of nitrogens with zero attached hydrogens (tertiary/aromatic N) is 1. The van der Waals surface area contributed by atoms with Gasteiger partial charge in [0.2, 0.25) is 0 Å². The molecule has 0 saturated heterocycles. The lowest BCUT2D eigenvalue weighted by Gasteiger charge is -2.09. The van der Waals surface area contributed by atoms with E-state index in [9.17, 15) is 9.59 Å². The van der Waals surface area contributed by atoms with Gasteiger partial charge in [-0.25, -0.2) is 0 Å². The molecule has 3 aromatic rings. The van der Waals surface area contributed by atoms with E-state index in [1.54, 1.807) is 37.4 Å². The Morgan fingerprint density at radius 2 is 1.67 bits per heavy atom. The first-order valence-electron chi connectivity index (χ1n) is 8.35. The number of amides is 2. The zero-order valence-electron chi connectivity index (χ0n) is 15.0. The van der Waals surface area contributed by atoms with Gasteiger partial charge in [-0.15, -0.1) is 0 Å². The van der Waals surface area contributed by atoms with Crippen LogP contribution in [0.5, 0.6) is 5.75 Å². The SMILES string of the molecule is COc1ccc(NC(=O)c2ccnc(C(=O)Nc3ccccc3C)c2)cc1. The van der Waals surface area contributed by atoms with Crippen LogP contribution in [0.25, 0.3) is 0 Å². The number of hydrogen-bond donors (Lipinski definition) is 2. The van der Waals surface area contributed by atoms with Gasteiger partial charge in [-0.3, -0.25) is 14.6 Å². The van der Waals surface area contributed by atoms with Crippen molar-refractivity contribution in [2.75, 3.05) is 17.7 Å². The summed E-state index contributed by atoms with van der Waals surface area (Å²) in [5.41, 5.74) is 2.79. The van der Waals surface area contributed by atoms with Crippen molar-refractivity contribution in [3.63, 3.8) is 0 Å². The molecule has 6 heteroatoms. The van der Waals surface area contributed by atoms with Crippen LogP contribution in [0.3, 0.4) is 0 Å². The summed E-state index contributed by atoms with van der Waals surface area (Å²) in [5.74, 6) is 0.00276. The Morgan fingerprint density at radius 3 is 2.37 bits per heavy atom. The maximum Gasteiger partial charge on any atom is 0.274 e. The van der Waals surface area contributed by atoms with Gasteiger partial charge in [0.25, 0.3) is 11.8 Å². The van der Waals surface area contributed by atoms with Crippen LogP contribution >= 0.6 is 0 Å². The molecule has 0 aliphatic heterocycles. The van der Waals surface area contributed by atoms with Crippen LogP contribution < -0.4 is 15.4 Å². The summed E-state index contributed by atoms with van der Waals surface area (Å²) in [6.07, 6.45) is 1.44. The number of hydrogen-bond acceptors (Lipinski definition) is 4. The van der Waals surface area contributed by atoms with E-state index in [1.807, 2.05) is 31.2 Å². The second-order valence-corrected chi connectivity index (χ2v) is 5.88. The number of pyridine rings is 1. The molecule has 27 heavy (non-hydrogen) atoms. The van der Waals surface area contributed by atoms with Gasteiger partial charge in [0, 0.05) is 23.1 Å². The Kier molecular flexibility index (Phi) is 5.47. The molecule has 0 bridgehead atoms. The molecule has 136 valence electrons. The van der Waals surface area contributed by atoms with Crippen LogP contribution in [-0.4, -0.2) is 23.9 Å². The van der Waals surface area contributed by atoms with Crippen LogP contribution in [0.1, 0.15) is 26.4 Å². The van der Waals surface area contributed by atoms with Gasteiger partial charge in [0.1, 0.15) is 11.4 Å². The third kappa shape index (κ3) is 4.49. The first kappa shape index (κ1) is 18.1. The van der Waals surface area contributed by atoms with Crippen LogP contribution in [0.2, 0.25) is 0 Å². The van der Waals surface area contributed by atoms with Crippen molar-refractivity contribution < 1.29 is 14.3 Å². The molecule has 1 aromatic heterocycles. The molecule has 0 spiro atoms. The number of para-hydroxylation sites is 1. The Bertz CT molecular complexity index is 968. The maximum atomic E-state index is 12.5. The van der Waals surface area contributed by atoms with Crippen molar-refractivity contribution in [1.82, 2.24) is 4.98 Å². The van der Waals surface area contributed by atoms with Crippen molar-refractivity contribution in [3.8, 4) is 5.75 Å². The second-order valence-electron chi connectivity index (χ2n) is 5.88. The summed E-state index contributed by atoms with van der Waals surface area (Å²) in [6, 6.07) is 17.5. The Hall–Kier alpha value is -3.67. The minimum absolute atomic E-state index is 0.167. The molecule has 3 rings (SSSR count). The number of anilines is 2. The van der Waals surface area contributed by atoms with E-state index >= 15 is 0 Å². The molecule has 2 N–H and O–H groups in total. The fraction of sp³-hybridized carbons (Fsp3) is 0.0952. The lowest BCUT2D eigenvalue weighted by atomic mass is 10.1. The number of aryl methyl sites for hydroxylation is 1. The van der Waals surface area contributed by atoms with E-state index in [4.69, 9.17) is 4.74 Å². The Morgan fingerprint density at radius 1 is 0.926 bits per heavy atom. The van der Waals surface area contributed by atoms with E-state index in [-0.39, 0.29) is 17.5 Å². The molecule has 2 aromatic carbocycles. The number of ether oxygens (including phenoxy) is 1. The Labute approximate surface area is 157 Å². The molecule has 0 saturated carbocycles. The zero-order chi connectivity index (χ0) is 19.2. The van der Waals surface area contributed by atoms with Crippen molar-refractivity contribution in [1.29, 1.82) is 0 Å². The molecule has 1 heterocycles. The topological polar surface area (TPSA) is 80.3 Å². The standard InChI is InChI=1S/C21H19N3O3/c1-14-5-3-4-6-18(14)24-21(26)19-13-15(11-12-22-19)20(25)23-16-7-9-17(27-2)10-8-16/h3-13H,1-2H3,(H,23,25)(H,24,26). The van der Waals surface area contributed by atoms with E-state index in [2.05, 4.69) is 15.6 Å². The number of nitrogens with one attached hydrogen (secondary N) is 2. The summed E-state index contributed by atoms with van der Waals surface area (Å²) in [4.78, 5) is 29.0. The highest BCUT2D eigenvalue weighted by Gasteiger charge is 2.13. The van der Waals surface area contributed by atoms with Gasteiger partial charge >= 0.3 is 0 Å². The van der Waals surface area contributed by atoms with Gasteiger partial charge in [-0.1, -0.05) is 18.2 Å². The van der Waals surface area contributed by atoms with Crippen molar-refractivity contribution >= 4 is 23.2 Å². The first-order valence-corrected chi connectivity index (χ1v) is 8.35. The quantitative estimate of drug-likeness (QED) is 0.722. The highest BCUT2D eigenvalue weighted by molar-refractivity contribution is 6.08. The van der Waals surface area contributed by atoms with Gasteiger partial charge in [-0.2, -0.15) is 0 Å². The lowest BCUT2D eigenvalue weighted by molar-refractivity contribution is 0.102. The number of methoxy groups -OCH3 is 1. The average Bonchev–Trinajstić information content (AvgIpc) is 2.70. The predicted octanol–water partition coefficient (Wildman–Crippen LogP) is 3.90. The zero-order valence-corrected chi connectivity index (χ0v) is 15.0. The molecule has 0 atom stereocenters. The summed E-state index contributed by atoms with van der Waals surface area (Å²) in [5, 5.41) is 5.59. The number of carbonyl (C=O) groups is 2. The summed E-state index contributed by atoms with van der Waals surface area (Å²) >= 11 is 0. The van der Waals surface area contributed by atoms with Crippen LogP contribution in [0.4, 0.5) is 11.4 Å². The molecule has 0 unspecified atom stereocenters. The van der Waals surface area contributed by atoms with E-state index in [1.165, 1.54) is 12.3 Å². The lowest BCUT2D eigenvalue weighted by Crippen LogP contribution is -2.17. The normalized spacial score (nSPS) is 10.1. The molecule has 2 amide bonds. The fourth-order valence-corrected chi connectivity index (χ4v) is 2.47. The highest BCUT2D eigenvalue weighted by atomic mass is 16.5. The van der Waals surface area contributed by atoms with Gasteiger partial charge < -0.3 is 15.4 Å². The van der Waals surface area contributed by atoms with E-state index in [0.717, 1.165) is 5.56 Å². The minimum Gasteiger partial charge on any atom is -0.497 e. The van der Waals surface area contributed by atoms with Gasteiger partial charge in [-0.05, 0) is 55.0 Å². The highest BCUT2D eigenvalue weighted by Crippen LogP contribution is 2.17. The van der Waals surface area contributed by atoms with Crippen LogP contribution in [0.15, 0.2) is 66.9 Å². The maximum absolute atomic E-state index is 12.5. The van der Waals surface area contributed by atoms with Gasteiger partial charge in [0.15, 0.2) is 0 Å². The Balaban J connectivity index is 1.73. The van der Waals surface area contributed by atoms with E-state index in [0.29, 0.717) is 22.7 Å². The first-order chi connectivity index (χ1) is 13.1. The largest absolute Gasteiger partial charge is 0.497 e. The second kappa shape index (κ2) is 8.14. The molecule has 0 aliphatic carbocycles. The molecule has 0 radical (unpaired) electrons. The third-order valence-electron chi connectivity index (χ3n) is 4.00. The molecule has 0 fully saturated rings. The molecule has 0 aliphatic rings. The molecular weight excluding hydrogens is 342 g/mol. The number of rotatable bonds is 5. The summed E-state index contributed by atoms with van der Waals surface area (Å²) in [6.45, 7) is 1.90. The van der Waals surface area contributed by atoms with Crippen molar-refractivity contribution in [3.05, 3.63) is 83.7 Å². The predicted molar refractivity (Wildman–Crippen MR) is 104 cm³/mol. The molecule has 6 nitrogen and oxygen atoms in total. The van der Waals surface area contributed by atoms with Crippen molar-refractivity contribution in [2.24, 2.45) is 0 Å². The smallest absolute Gasteiger partial charge is 0.274 e. The number of benzene rings is 2. The number of carbonyl (C=O) groups excluding carboxylic acids is 2. The molecular formula is C21H19N3O3. The monoisotopic (exact) mass is 361 g/mol. The van der Waals surface area contributed by atoms with Crippen molar-refractivity contribution in [2.45, 2.75) is 6.92 Å². The van der Waals surface area contributed by atoms with E-state index < -0.39 is 0 Å². The van der Waals surface area contributed by atoms with Crippen LogP contribution in [0, 0.1) is 6.92 Å². The van der Waals surface area contributed by atoms with Gasteiger partial charge in [0.05, 0.1) is 7.11 Å². The fourth-order valence-electron chi connectivity index (χ4n) is 2.47. The summed E-state index contributed by atoms with van der Waals surface area (Å²) in [7, 11) is 1.58. The van der Waals surface area contributed by atoms with Crippen LogP contribution in [-0.2, 0) is 0 Å². The summed E-state index contributed by atoms with van der Waals surface area (Å²) < 4.78 is 5.09. The minimum atomic E-state index is -0.372. The number of aromatic nitrogens is 1. The average molecular weight is 361 g/mol.